The summed E-state index contributed by atoms with van der Waals surface area (Å²) in [6, 6.07) is 0. The third kappa shape index (κ3) is 6.84. The van der Waals surface area contributed by atoms with E-state index in [0.29, 0.717) is 5.41 Å². The van der Waals surface area contributed by atoms with Gasteiger partial charge in [-0.15, -0.1) is 0 Å². The van der Waals surface area contributed by atoms with Gasteiger partial charge in [-0.05, 0) is 98.1 Å². The van der Waals surface area contributed by atoms with Crippen molar-refractivity contribution in [2.24, 2.45) is 11.3 Å². The molecule has 0 aromatic heterocycles. The zero-order valence-corrected chi connectivity index (χ0v) is 18.7. The van der Waals surface area contributed by atoms with Crippen molar-refractivity contribution in [1.82, 2.24) is 9.80 Å². The molecule has 0 amide bonds. The highest BCUT2D eigenvalue weighted by molar-refractivity contribution is 7.93. The van der Waals surface area contributed by atoms with Gasteiger partial charge in [-0.2, -0.15) is 0 Å². The van der Waals surface area contributed by atoms with Crippen LogP contribution in [0, 0.1) is 11.3 Å². The minimum atomic E-state index is -2.95. The number of rotatable bonds is 1. The summed E-state index contributed by atoms with van der Waals surface area (Å²) in [6.45, 7) is 16.9. The van der Waals surface area contributed by atoms with E-state index in [1.54, 1.807) is 20.8 Å². The molecule has 5 heteroatoms. The molecule has 0 aromatic carbocycles. The molecule has 0 N–H and O–H groups in total. The van der Waals surface area contributed by atoms with Crippen LogP contribution in [-0.4, -0.2) is 68.5 Å². The van der Waals surface area contributed by atoms with Gasteiger partial charge in [0.1, 0.15) is 0 Å². The lowest BCUT2D eigenvalue weighted by molar-refractivity contribution is 0.129. The van der Waals surface area contributed by atoms with E-state index in [1.165, 1.54) is 25.9 Å². The number of sulfone groups is 1. The van der Waals surface area contributed by atoms with E-state index < -0.39 is 14.6 Å². The highest BCUT2D eigenvalue weighted by Gasteiger charge is 2.38. The van der Waals surface area contributed by atoms with Gasteiger partial charge in [-0.3, -0.25) is 0 Å². The number of piperidine rings is 2. The van der Waals surface area contributed by atoms with Gasteiger partial charge in [0.2, 0.25) is 0 Å². The molecule has 2 rings (SSSR count). The first-order valence-electron chi connectivity index (χ1n) is 9.85. The number of hydrogen-bond acceptors (Lipinski definition) is 4. The Labute approximate surface area is 157 Å². The molecule has 2 aliphatic heterocycles. The molecule has 0 spiro atoms. The van der Waals surface area contributed by atoms with Crippen LogP contribution in [-0.2, 0) is 9.84 Å². The highest BCUT2D eigenvalue weighted by Crippen LogP contribution is 2.33. The summed E-state index contributed by atoms with van der Waals surface area (Å²) >= 11 is 0. The number of likely N-dealkylation sites (tertiary alicyclic amines) is 2. The van der Waals surface area contributed by atoms with E-state index in [1.807, 2.05) is 7.05 Å². The predicted octanol–water partition coefficient (Wildman–Crippen LogP) is 3.67. The Balaban J connectivity index is 0.000000257. The van der Waals surface area contributed by atoms with Gasteiger partial charge in [-0.1, -0.05) is 20.8 Å². The average molecular weight is 375 g/mol. The van der Waals surface area contributed by atoms with Crippen molar-refractivity contribution in [2.75, 3.05) is 40.3 Å². The highest BCUT2D eigenvalue weighted by atomic mass is 32.2. The molecular formula is C20H42N2O2S. The summed E-state index contributed by atoms with van der Waals surface area (Å²) in [4.78, 5) is 4.62. The topological polar surface area (TPSA) is 40.6 Å². The first-order valence-corrected chi connectivity index (χ1v) is 11.4. The first kappa shape index (κ1) is 22.9. The molecule has 4 nitrogen and oxygen atoms in total. The van der Waals surface area contributed by atoms with Crippen molar-refractivity contribution in [2.45, 2.75) is 77.2 Å². The van der Waals surface area contributed by atoms with Crippen molar-refractivity contribution in [1.29, 1.82) is 0 Å². The van der Waals surface area contributed by atoms with Crippen LogP contribution in [0.4, 0.5) is 0 Å². The molecule has 2 fully saturated rings. The van der Waals surface area contributed by atoms with Crippen LogP contribution >= 0.6 is 0 Å². The summed E-state index contributed by atoms with van der Waals surface area (Å²) in [5, 5.41) is -0.126. The average Bonchev–Trinajstić information content (AvgIpc) is 2.46. The predicted molar refractivity (Wildman–Crippen MR) is 109 cm³/mol. The molecule has 0 radical (unpaired) electrons. The minimum absolute atomic E-state index is 0.126. The standard InChI is InChI=1S/C10H21NO2S.C10H21N/c1-10(2,3)14(12,13)9-5-7-11(4)8-6-9;1-10(2,3)9-5-7-11(4)8-6-9/h9H,5-8H2,1-4H3;9H,5-8H2,1-4H3. The molecule has 150 valence electrons. The van der Waals surface area contributed by atoms with Crippen LogP contribution in [0.2, 0.25) is 0 Å². The van der Waals surface area contributed by atoms with E-state index in [2.05, 4.69) is 37.6 Å². The lowest BCUT2D eigenvalue weighted by Crippen LogP contribution is -2.43. The molecule has 2 saturated heterocycles. The number of hydrogen-bond donors (Lipinski definition) is 0. The Morgan fingerprint density at radius 2 is 1.08 bits per heavy atom. The maximum absolute atomic E-state index is 12.1. The van der Waals surface area contributed by atoms with Gasteiger partial charge in [0, 0.05) is 0 Å². The van der Waals surface area contributed by atoms with Gasteiger partial charge < -0.3 is 9.80 Å². The third-order valence-corrected chi connectivity index (χ3v) is 8.96. The smallest absolute Gasteiger partial charge is 0.158 e. The van der Waals surface area contributed by atoms with Crippen LogP contribution in [0.25, 0.3) is 0 Å². The van der Waals surface area contributed by atoms with Crippen molar-refractivity contribution in [3.05, 3.63) is 0 Å². The third-order valence-electron chi connectivity index (χ3n) is 5.90. The van der Waals surface area contributed by atoms with Crippen LogP contribution in [0.15, 0.2) is 0 Å². The summed E-state index contributed by atoms with van der Waals surface area (Å²) in [7, 11) is 1.31. The Morgan fingerprint density at radius 1 is 0.720 bits per heavy atom. The van der Waals surface area contributed by atoms with Crippen LogP contribution in [0.5, 0.6) is 0 Å². The molecule has 2 heterocycles. The molecule has 0 saturated carbocycles. The van der Waals surface area contributed by atoms with Gasteiger partial charge in [-0.25, -0.2) is 8.42 Å². The quantitative estimate of drug-likeness (QED) is 0.702. The molecule has 0 unspecified atom stereocenters. The Kier molecular flexibility index (Phi) is 7.98. The Bertz CT molecular complexity index is 487. The Hall–Kier alpha value is -0.130. The molecule has 0 bridgehead atoms. The molecule has 0 aliphatic carbocycles. The first-order chi connectivity index (χ1) is 11.2. The second-order valence-corrected chi connectivity index (χ2v) is 13.1. The zero-order chi connectivity index (χ0) is 19.5. The zero-order valence-electron chi connectivity index (χ0n) is 17.9. The fourth-order valence-electron chi connectivity index (χ4n) is 3.67. The van der Waals surface area contributed by atoms with Crippen LogP contribution in [0.3, 0.4) is 0 Å². The summed E-state index contributed by atoms with van der Waals surface area (Å²) in [6.07, 6.45) is 4.35. The van der Waals surface area contributed by atoms with Crippen molar-refractivity contribution in [3.63, 3.8) is 0 Å². The molecule has 0 atom stereocenters. The SMILES string of the molecule is CN1CCC(C(C)(C)C)CC1.CN1CCC(S(=O)(=O)C(C)(C)C)CC1. The van der Waals surface area contributed by atoms with E-state index in [4.69, 9.17) is 0 Å². The van der Waals surface area contributed by atoms with E-state index in [9.17, 15) is 8.42 Å². The van der Waals surface area contributed by atoms with Crippen molar-refractivity contribution >= 4 is 9.84 Å². The lowest BCUT2D eigenvalue weighted by atomic mass is 9.75. The molecular weight excluding hydrogens is 332 g/mol. The molecule has 2 aliphatic rings. The van der Waals surface area contributed by atoms with Crippen molar-refractivity contribution < 1.29 is 8.42 Å². The van der Waals surface area contributed by atoms with Gasteiger partial charge in [0.15, 0.2) is 9.84 Å². The Morgan fingerprint density at radius 3 is 1.40 bits per heavy atom. The van der Waals surface area contributed by atoms with Crippen LogP contribution in [0.1, 0.15) is 67.2 Å². The van der Waals surface area contributed by atoms with Gasteiger partial charge >= 0.3 is 0 Å². The van der Waals surface area contributed by atoms with Crippen molar-refractivity contribution in [3.8, 4) is 0 Å². The van der Waals surface area contributed by atoms with Gasteiger partial charge in [0.05, 0.1) is 10.00 Å². The largest absolute Gasteiger partial charge is 0.306 e. The second-order valence-electron chi connectivity index (χ2n) is 10.1. The van der Waals surface area contributed by atoms with E-state index in [-0.39, 0.29) is 5.25 Å². The summed E-state index contributed by atoms with van der Waals surface area (Å²) in [5.41, 5.74) is 0.529. The maximum Gasteiger partial charge on any atom is 0.158 e. The van der Waals surface area contributed by atoms with E-state index in [0.717, 1.165) is 31.8 Å². The normalized spacial score (nSPS) is 23.2. The minimum Gasteiger partial charge on any atom is -0.306 e. The van der Waals surface area contributed by atoms with E-state index >= 15 is 0 Å². The maximum atomic E-state index is 12.1. The second kappa shape index (κ2) is 8.71. The number of nitrogens with zero attached hydrogens (tertiary/aromatic N) is 2. The summed E-state index contributed by atoms with van der Waals surface area (Å²) in [5.74, 6) is 0.943. The van der Waals surface area contributed by atoms with Gasteiger partial charge in [0.25, 0.3) is 0 Å². The fraction of sp³-hybridized carbons (Fsp3) is 1.00. The fourth-order valence-corrected chi connectivity index (χ4v) is 5.50. The lowest BCUT2D eigenvalue weighted by Gasteiger charge is -2.37. The van der Waals surface area contributed by atoms with Crippen LogP contribution < -0.4 is 0 Å². The molecule has 0 aromatic rings. The molecule has 25 heavy (non-hydrogen) atoms. The monoisotopic (exact) mass is 374 g/mol. The summed E-state index contributed by atoms with van der Waals surface area (Å²) < 4.78 is 23.6.